The van der Waals surface area contributed by atoms with E-state index >= 15 is 0 Å². The fourth-order valence-corrected chi connectivity index (χ4v) is 2.43. The molecule has 0 aliphatic heterocycles. The number of aromatic amines is 1. The summed E-state index contributed by atoms with van der Waals surface area (Å²) in [5.41, 5.74) is 4.92. The van der Waals surface area contributed by atoms with Crippen molar-refractivity contribution in [2.24, 2.45) is 5.10 Å². The first kappa shape index (κ1) is 17.2. The van der Waals surface area contributed by atoms with Crippen molar-refractivity contribution in [3.63, 3.8) is 0 Å². The number of carbonyl (C=O) groups excluding carboxylic acids is 1. The highest BCUT2D eigenvalue weighted by Crippen LogP contribution is 2.28. The van der Waals surface area contributed by atoms with Crippen LogP contribution in [-0.2, 0) is 0 Å². The Labute approximate surface area is 150 Å². The number of para-hydroxylation sites is 2. The summed E-state index contributed by atoms with van der Waals surface area (Å²) in [6.07, 6.45) is 1.52. The quantitative estimate of drug-likeness (QED) is 0.528. The molecule has 2 N–H and O–H groups in total. The minimum Gasteiger partial charge on any atom is -0.496 e. The summed E-state index contributed by atoms with van der Waals surface area (Å²) in [6.45, 7) is 0. The molecule has 0 fully saturated rings. The summed E-state index contributed by atoms with van der Waals surface area (Å²) in [7, 11) is 3.17. The molecule has 132 valence electrons. The van der Waals surface area contributed by atoms with E-state index in [1.54, 1.807) is 20.3 Å². The van der Waals surface area contributed by atoms with Gasteiger partial charge in [0.05, 0.1) is 26.1 Å². The molecule has 0 radical (unpaired) electrons. The van der Waals surface area contributed by atoms with E-state index in [-0.39, 0.29) is 0 Å². The van der Waals surface area contributed by atoms with Gasteiger partial charge in [-0.15, -0.1) is 0 Å². The Hall–Kier alpha value is -3.61. The molecule has 0 bridgehead atoms. The van der Waals surface area contributed by atoms with Gasteiger partial charge in [0.25, 0.3) is 5.91 Å². The molecule has 0 unspecified atom stereocenters. The number of H-pyrrole nitrogens is 1. The summed E-state index contributed by atoms with van der Waals surface area (Å²) in [6, 6.07) is 16.5. The van der Waals surface area contributed by atoms with Gasteiger partial charge in [-0.05, 0) is 30.3 Å². The number of hydrogen-bond donors (Lipinski definition) is 2. The van der Waals surface area contributed by atoms with Crippen molar-refractivity contribution in [3.05, 3.63) is 65.9 Å². The van der Waals surface area contributed by atoms with Gasteiger partial charge in [-0.3, -0.25) is 9.89 Å². The van der Waals surface area contributed by atoms with E-state index in [1.807, 2.05) is 48.5 Å². The number of benzene rings is 2. The molecule has 0 saturated heterocycles. The maximum absolute atomic E-state index is 12.2. The molecular weight excluding hydrogens is 332 g/mol. The van der Waals surface area contributed by atoms with Crippen molar-refractivity contribution < 1.29 is 14.3 Å². The van der Waals surface area contributed by atoms with Gasteiger partial charge < -0.3 is 9.47 Å². The van der Waals surface area contributed by atoms with E-state index in [0.717, 1.165) is 11.1 Å². The van der Waals surface area contributed by atoms with Crippen LogP contribution in [0.25, 0.3) is 11.3 Å². The van der Waals surface area contributed by atoms with Crippen LogP contribution in [0.2, 0.25) is 0 Å². The summed E-state index contributed by atoms with van der Waals surface area (Å²) in [5, 5.41) is 10.8. The lowest BCUT2D eigenvalue weighted by Gasteiger charge is -2.04. The monoisotopic (exact) mass is 350 g/mol. The van der Waals surface area contributed by atoms with E-state index in [2.05, 4.69) is 20.7 Å². The van der Waals surface area contributed by atoms with Crippen LogP contribution >= 0.6 is 0 Å². The van der Waals surface area contributed by atoms with Crippen molar-refractivity contribution in [1.29, 1.82) is 0 Å². The van der Waals surface area contributed by atoms with Crippen LogP contribution < -0.4 is 14.9 Å². The van der Waals surface area contributed by atoms with Gasteiger partial charge in [-0.1, -0.05) is 24.3 Å². The third kappa shape index (κ3) is 3.72. The normalized spacial score (nSPS) is 10.7. The first-order chi connectivity index (χ1) is 12.7. The number of nitrogens with one attached hydrogen (secondary N) is 2. The number of aromatic nitrogens is 2. The van der Waals surface area contributed by atoms with Crippen LogP contribution in [0, 0.1) is 0 Å². The van der Waals surface area contributed by atoms with Crippen molar-refractivity contribution in [3.8, 4) is 22.8 Å². The highest BCUT2D eigenvalue weighted by Gasteiger charge is 2.13. The van der Waals surface area contributed by atoms with E-state index < -0.39 is 5.91 Å². The van der Waals surface area contributed by atoms with Crippen molar-refractivity contribution in [1.82, 2.24) is 15.6 Å². The molecule has 0 atom stereocenters. The van der Waals surface area contributed by atoms with Crippen LogP contribution in [0.15, 0.2) is 59.7 Å². The van der Waals surface area contributed by atoms with Gasteiger partial charge in [0.15, 0.2) is 0 Å². The fraction of sp³-hybridized carbons (Fsp3) is 0.105. The third-order valence-electron chi connectivity index (χ3n) is 3.71. The molecule has 0 saturated carbocycles. The van der Waals surface area contributed by atoms with Gasteiger partial charge in [0.2, 0.25) is 0 Å². The molecule has 7 nitrogen and oxygen atoms in total. The maximum Gasteiger partial charge on any atom is 0.289 e. The second-order valence-corrected chi connectivity index (χ2v) is 5.31. The SMILES string of the molecule is COc1ccccc1/C=N/NC(=O)c1cc(-c2ccccc2OC)n[nH]1. The highest BCUT2D eigenvalue weighted by molar-refractivity contribution is 5.94. The molecule has 0 aliphatic rings. The average Bonchev–Trinajstić information content (AvgIpc) is 3.18. The molecule has 7 heteroatoms. The molecule has 0 aliphatic carbocycles. The van der Waals surface area contributed by atoms with Crippen molar-refractivity contribution in [2.45, 2.75) is 0 Å². The zero-order chi connectivity index (χ0) is 18.4. The summed E-state index contributed by atoms with van der Waals surface area (Å²) in [4.78, 5) is 12.2. The largest absolute Gasteiger partial charge is 0.496 e. The minimum atomic E-state index is -0.398. The molecule has 26 heavy (non-hydrogen) atoms. The van der Waals surface area contributed by atoms with E-state index in [9.17, 15) is 4.79 Å². The molecule has 1 heterocycles. The number of rotatable bonds is 6. The number of ether oxygens (including phenoxy) is 2. The van der Waals surface area contributed by atoms with Gasteiger partial charge in [0, 0.05) is 11.1 Å². The zero-order valence-electron chi connectivity index (χ0n) is 14.4. The average molecular weight is 350 g/mol. The Morgan fingerprint density at radius 1 is 1.08 bits per heavy atom. The van der Waals surface area contributed by atoms with Crippen molar-refractivity contribution >= 4 is 12.1 Å². The lowest BCUT2D eigenvalue weighted by atomic mass is 10.1. The van der Waals surface area contributed by atoms with Crippen molar-refractivity contribution in [2.75, 3.05) is 14.2 Å². The van der Waals surface area contributed by atoms with Crippen LogP contribution in [0.4, 0.5) is 0 Å². The van der Waals surface area contributed by atoms with Crippen LogP contribution in [-0.4, -0.2) is 36.5 Å². The van der Waals surface area contributed by atoms with Crippen LogP contribution in [0.3, 0.4) is 0 Å². The molecule has 3 rings (SSSR count). The minimum absolute atomic E-state index is 0.295. The van der Waals surface area contributed by atoms with E-state index in [0.29, 0.717) is 22.9 Å². The molecule has 3 aromatic rings. The Morgan fingerprint density at radius 3 is 2.54 bits per heavy atom. The van der Waals surface area contributed by atoms with Crippen LogP contribution in [0.5, 0.6) is 11.5 Å². The number of nitrogens with zero attached hydrogens (tertiary/aromatic N) is 2. The molecule has 1 amide bonds. The lowest BCUT2D eigenvalue weighted by molar-refractivity contribution is 0.0950. The van der Waals surface area contributed by atoms with Gasteiger partial charge >= 0.3 is 0 Å². The standard InChI is InChI=1S/C19H18N4O3/c1-25-17-9-5-3-7-13(17)12-20-23-19(24)16-11-15(21-22-16)14-8-4-6-10-18(14)26-2/h3-12H,1-2H3,(H,21,22)(H,23,24)/b20-12+. The Balaban J connectivity index is 1.71. The smallest absolute Gasteiger partial charge is 0.289 e. The summed E-state index contributed by atoms with van der Waals surface area (Å²) < 4.78 is 10.5. The van der Waals surface area contributed by atoms with Gasteiger partial charge in [-0.25, -0.2) is 5.43 Å². The Kier molecular flexibility index (Phi) is 5.28. The van der Waals surface area contributed by atoms with Gasteiger partial charge in [-0.2, -0.15) is 10.2 Å². The van der Waals surface area contributed by atoms with E-state index in [4.69, 9.17) is 9.47 Å². The first-order valence-corrected chi connectivity index (χ1v) is 7.88. The molecule has 2 aromatic carbocycles. The maximum atomic E-state index is 12.2. The summed E-state index contributed by atoms with van der Waals surface area (Å²) in [5.74, 6) is 0.954. The topological polar surface area (TPSA) is 88.6 Å². The Morgan fingerprint density at radius 2 is 1.77 bits per heavy atom. The lowest BCUT2D eigenvalue weighted by Crippen LogP contribution is -2.18. The number of carbonyl (C=O) groups is 1. The predicted octanol–water partition coefficient (Wildman–Crippen LogP) is 2.86. The number of hydrogen-bond acceptors (Lipinski definition) is 5. The van der Waals surface area contributed by atoms with E-state index in [1.165, 1.54) is 6.21 Å². The second-order valence-electron chi connectivity index (χ2n) is 5.31. The number of amides is 1. The number of hydrazone groups is 1. The second kappa shape index (κ2) is 7.98. The first-order valence-electron chi connectivity index (χ1n) is 7.88. The third-order valence-corrected chi connectivity index (χ3v) is 3.71. The fourth-order valence-electron chi connectivity index (χ4n) is 2.43. The van der Waals surface area contributed by atoms with Crippen LogP contribution in [0.1, 0.15) is 16.1 Å². The molecule has 0 spiro atoms. The Bertz CT molecular complexity index is 934. The zero-order valence-corrected chi connectivity index (χ0v) is 14.4. The highest BCUT2D eigenvalue weighted by atomic mass is 16.5. The van der Waals surface area contributed by atoms with Gasteiger partial charge in [0.1, 0.15) is 17.2 Å². The number of methoxy groups -OCH3 is 2. The predicted molar refractivity (Wildman–Crippen MR) is 98.6 cm³/mol. The molecule has 1 aromatic heterocycles. The summed E-state index contributed by atoms with van der Waals surface area (Å²) >= 11 is 0. The molecular formula is C19H18N4O3.